The highest BCUT2D eigenvalue weighted by Crippen LogP contribution is 2.44. The van der Waals surface area contributed by atoms with Crippen LogP contribution in [0.25, 0.3) is 22.5 Å². The Balaban J connectivity index is 1.36. The van der Waals surface area contributed by atoms with E-state index >= 15 is 4.39 Å². The van der Waals surface area contributed by atoms with Gasteiger partial charge in [-0.3, -0.25) is 0 Å². The van der Waals surface area contributed by atoms with E-state index in [-0.39, 0.29) is 23.2 Å². The van der Waals surface area contributed by atoms with Gasteiger partial charge in [0, 0.05) is 41.5 Å². The molecular weight excluding hydrogens is 405 g/mol. The molecule has 1 unspecified atom stereocenters. The maximum Gasteiger partial charge on any atom is 0.127 e. The van der Waals surface area contributed by atoms with Gasteiger partial charge in [0.1, 0.15) is 11.9 Å². The number of hydrogen-bond donors (Lipinski definition) is 2. The van der Waals surface area contributed by atoms with Gasteiger partial charge in [0.15, 0.2) is 0 Å². The van der Waals surface area contributed by atoms with Crippen LogP contribution in [0.15, 0.2) is 55.6 Å². The van der Waals surface area contributed by atoms with Gasteiger partial charge in [-0.25, -0.2) is 9.37 Å². The summed E-state index contributed by atoms with van der Waals surface area (Å²) in [6, 6.07) is 8.83. The van der Waals surface area contributed by atoms with Crippen molar-refractivity contribution in [3.63, 3.8) is 0 Å². The lowest BCUT2D eigenvalue weighted by Gasteiger charge is -2.51. The van der Waals surface area contributed by atoms with Gasteiger partial charge in [-0.2, -0.15) is 5.10 Å². The van der Waals surface area contributed by atoms with E-state index in [0.717, 1.165) is 18.5 Å². The first-order valence-corrected chi connectivity index (χ1v) is 11.1. The molecule has 2 fully saturated rings. The number of fused-ring (bicyclic) bond motifs is 2. The average Bonchev–Trinajstić information content (AvgIpc) is 3.30. The van der Waals surface area contributed by atoms with Gasteiger partial charge in [-0.1, -0.05) is 13.5 Å². The van der Waals surface area contributed by atoms with Crippen LogP contribution in [-0.4, -0.2) is 42.6 Å². The first kappa shape index (κ1) is 20.8. The van der Waals surface area contributed by atoms with E-state index < -0.39 is 6.17 Å². The second-order valence-corrected chi connectivity index (χ2v) is 9.61. The molecule has 5 rings (SSSR count). The molecule has 0 amide bonds. The van der Waals surface area contributed by atoms with Gasteiger partial charge in [0.2, 0.25) is 0 Å². The van der Waals surface area contributed by atoms with E-state index in [9.17, 15) is 5.11 Å². The Morgan fingerprint density at radius 1 is 1.25 bits per heavy atom. The Hall–Kier alpha value is -3.06. The summed E-state index contributed by atoms with van der Waals surface area (Å²) in [5, 5.41) is 22.7. The highest BCUT2D eigenvalue weighted by atomic mass is 19.1. The zero-order valence-electron chi connectivity index (χ0n) is 18.4. The molecule has 6 nitrogen and oxygen atoms in total. The summed E-state index contributed by atoms with van der Waals surface area (Å²) >= 11 is 0. The Morgan fingerprint density at radius 3 is 2.78 bits per heavy atom. The number of alkyl halides is 1. The quantitative estimate of drug-likeness (QED) is 0.631. The van der Waals surface area contributed by atoms with Crippen LogP contribution in [0.1, 0.15) is 38.8 Å². The number of nitrogens with zero attached hydrogens (tertiary/aromatic N) is 4. The van der Waals surface area contributed by atoms with Crippen LogP contribution < -0.4 is 5.32 Å². The number of nitrogens with one attached hydrogen (secondary N) is 1. The monoisotopic (exact) mass is 433 g/mol. The number of allylic oxidation sites excluding steroid dienone is 1. The molecule has 2 aliphatic heterocycles. The summed E-state index contributed by atoms with van der Waals surface area (Å²) in [5.74, 6) is 0.349. The molecule has 3 aromatic rings. The van der Waals surface area contributed by atoms with E-state index in [2.05, 4.69) is 40.9 Å². The molecule has 1 aromatic carbocycles. The van der Waals surface area contributed by atoms with Crippen molar-refractivity contribution in [2.45, 2.75) is 50.9 Å². The third-order valence-corrected chi connectivity index (χ3v) is 6.93. The number of benzene rings is 1. The summed E-state index contributed by atoms with van der Waals surface area (Å²) in [7, 11) is 0. The number of rotatable bonds is 4. The number of phenols is 1. The molecule has 4 heterocycles. The normalized spacial score (nSPS) is 29.6. The SMILES string of the molecule is C=C(c1ccc(-c2ccc(-n3ccnc3)cc2O)nn1)[C@H]1C[C@]2(C)C[C@@H](C)CC(N2)[C@@H]1F. The van der Waals surface area contributed by atoms with Gasteiger partial charge in [0.25, 0.3) is 0 Å². The number of hydrogen-bond acceptors (Lipinski definition) is 5. The van der Waals surface area contributed by atoms with Crippen LogP contribution >= 0.6 is 0 Å². The van der Waals surface area contributed by atoms with Crippen molar-refractivity contribution >= 4 is 5.57 Å². The smallest absolute Gasteiger partial charge is 0.127 e. The minimum Gasteiger partial charge on any atom is -0.507 e. The molecule has 0 saturated carbocycles. The molecule has 2 aliphatic rings. The van der Waals surface area contributed by atoms with Crippen LogP contribution in [0, 0.1) is 11.8 Å². The summed E-state index contributed by atoms with van der Waals surface area (Å²) in [4.78, 5) is 4.03. The Kier molecular flexibility index (Phi) is 5.08. The predicted octanol–water partition coefficient (Wildman–Crippen LogP) is 4.55. The summed E-state index contributed by atoms with van der Waals surface area (Å²) in [5.41, 5.74) is 3.16. The third kappa shape index (κ3) is 3.71. The molecule has 0 spiro atoms. The number of phenolic OH excluding ortho intramolecular Hbond substituents is 1. The van der Waals surface area contributed by atoms with Crippen molar-refractivity contribution in [3.8, 4) is 22.7 Å². The summed E-state index contributed by atoms with van der Waals surface area (Å²) in [6.45, 7) is 8.60. The van der Waals surface area contributed by atoms with Gasteiger partial charge in [-0.15, -0.1) is 5.10 Å². The fraction of sp³-hybridized carbons (Fsp3) is 0.400. The van der Waals surface area contributed by atoms with Crippen molar-refractivity contribution in [2.75, 3.05) is 0 Å². The van der Waals surface area contributed by atoms with Crippen molar-refractivity contribution in [3.05, 3.63) is 61.3 Å². The van der Waals surface area contributed by atoms with Crippen LogP contribution in [0.2, 0.25) is 0 Å². The molecule has 2 aromatic heterocycles. The predicted molar refractivity (Wildman–Crippen MR) is 122 cm³/mol. The molecule has 2 bridgehead atoms. The van der Waals surface area contributed by atoms with E-state index in [1.807, 2.05) is 22.9 Å². The van der Waals surface area contributed by atoms with E-state index in [4.69, 9.17) is 0 Å². The standard InChI is InChI=1S/C25H28FN5O/c1-15-10-22-24(26)19(13-25(3,12-15)28-22)16(2)20-6-7-21(30-29-20)18-5-4-17(11-23(18)32)31-9-8-27-14-31/h4-9,11,14-15,19,22,24,28,32H,2,10,12-13H2,1,3H3/t15-,19+,22?,24+,25-/m0/s1. The fourth-order valence-corrected chi connectivity index (χ4v) is 5.54. The lowest BCUT2D eigenvalue weighted by Crippen LogP contribution is -2.63. The van der Waals surface area contributed by atoms with Crippen LogP contribution in [0.5, 0.6) is 5.75 Å². The van der Waals surface area contributed by atoms with Crippen molar-refractivity contribution in [1.29, 1.82) is 0 Å². The van der Waals surface area contributed by atoms with Gasteiger partial charge >= 0.3 is 0 Å². The van der Waals surface area contributed by atoms with Crippen LogP contribution in [0.3, 0.4) is 0 Å². The molecular formula is C25H28FN5O. The van der Waals surface area contributed by atoms with E-state index in [0.29, 0.717) is 34.9 Å². The fourth-order valence-electron chi connectivity index (χ4n) is 5.54. The lowest BCUT2D eigenvalue weighted by atomic mass is 9.66. The van der Waals surface area contributed by atoms with Gasteiger partial charge in [-0.05, 0) is 61.9 Å². The number of aromatic nitrogens is 4. The molecule has 32 heavy (non-hydrogen) atoms. The summed E-state index contributed by atoms with van der Waals surface area (Å²) in [6.07, 6.45) is 6.76. The zero-order chi connectivity index (χ0) is 22.5. The largest absolute Gasteiger partial charge is 0.507 e. The van der Waals surface area contributed by atoms with E-state index in [1.165, 1.54) is 0 Å². The Labute approximate surface area is 187 Å². The number of imidazole rings is 1. The molecule has 0 radical (unpaired) electrons. The van der Waals surface area contributed by atoms with Gasteiger partial charge in [0.05, 0.1) is 23.4 Å². The number of piperidine rings is 2. The highest BCUT2D eigenvalue weighted by Gasteiger charge is 2.48. The van der Waals surface area contributed by atoms with Crippen molar-refractivity contribution in [2.24, 2.45) is 11.8 Å². The average molecular weight is 434 g/mol. The highest BCUT2D eigenvalue weighted by molar-refractivity contribution is 5.70. The minimum absolute atomic E-state index is 0.0747. The molecule has 5 atom stereocenters. The van der Waals surface area contributed by atoms with E-state index in [1.54, 1.807) is 30.7 Å². The second-order valence-electron chi connectivity index (χ2n) is 9.61. The van der Waals surface area contributed by atoms with Crippen LogP contribution in [0.4, 0.5) is 4.39 Å². The van der Waals surface area contributed by atoms with Crippen molar-refractivity contribution < 1.29 is 9.50 Å². The zero-order valence-corrected chi connectivity index (χ0v) is 18.4. The topological polar surface area (TPSA) is 75.9 Å². The molecule has 7 heteroatoms. The Morgan fingerprint density at radius 2 is 2.09 bits per heavy atom. The van der Waals surface area contributed by atoms with Gasteiger partial charge < -0.3 is 15.0 Å². The number of aromatic hydroxyl groups is 1. The molecule has 0 aliphatic carbocycles. The third-order valence-electron chi connectivity index (χ3n) is 6.93. The second kappa shape index (κ2) is 7.81. The minimum atomic E-state index is -0.987. The van der Waals surface area contributed by atoms with Crippen molar-refractivity contribution in [1.82, 2.24) is 25.1 Å². The van der Waals surface area contributed by atoms with Crippen LogP contribution in [-0.2, 0) is 0 Å². The maximum absolute atomic E-state index is 15.3. The first-order valence-electron chi connectivity index (χ1n) is 11.1. The lowest BCUT2D eigenvalue weighted by molar-refractivity contribution is 0.0313. The first-order chi connectivity index (χ1) is 15.3. The summed E-state index contributed by atoms with van der Waals surface area (Å²) < 4.78 is 17.2. The maximum atomic E-state index is 15.3. The number of halogens is 1. The molecule has 2 N–H and O–H groups in total. The molecule has 2 saturated heterocycles. The molecule has 166 valence electrons. The Bertz CT molecular complexity index is 1130.